The van der Waals surface area contributed by atoms with Crippen molar-refractivity contribution in [3.05, 3.63) is 35.6 Å². The fourth-order valence-electron chi connectivity index (χ4n) is 10.0. The first-order chi connectivity index (χ1) is 19.9. The predicted octanol–water partition coefficient (Wildman–Crippen LogP) is 7.19. The van der Waals surface area contributed by atoms with Gasteiger partial charge in [-0.15, -0.1) is 0 Å². The van der Waals surface area contributed by atoms with Crippen LogP contribution >= 0.6 is 0 Å². The number of benzene rings is 1. The van der Waals surface area contributed by atoms with Crippen LogP contribution in [-0.4, -0.2) is 53.6 Å². The summed E-state index contributed by atoms with van der Waals surface area (Å²) in [5, 5.41) is 0. The van der Waals surface area contributed by atoms with Gasteiger partial charge in [-0.2, -0.15) is 0 Å². The molecule has 0 bridgehead atoms. The lowest BCUT2D eigenvalue weighted by molar-refractivity contribution is -0.156. The van der Waals surface area contributed by atoms with Crippen LogP contribution in [0.25, 0.3) is 0 Å². The van der Waals surface area contributed by atoms with Crippen molar-refractivity contribution < 1.29 is 18.8 Å². The molecule has 5 fully saturated rings. The van der Waals surface area contributed by atoms with Crippen molar-refractivity contribution in [3.63, 3.8) is 0 Å². The Balaban J connectivity index is 0.961. The van der Waals surface area contributed by atoms with Crippen molar-refractivity contribution in [1.29, 1.82) is 0 Å². The first kappa shape index (κ1) is 29.0. The van der Waals surface area contributed by atoms with E-state index in [0.717, 1.165) is 57.7 Å². The van der Waals surface area contributed by atoms with Crippen LogP contribution in [-0.2, 0) is 9.59 Å². The maximum absolute atomic E-state index is 13.5. The highest BCUT2D eigenvalue weighted by Gasteiger charge is 2.57. The molecule has 2 saturated heterocycles. The standard InChI is InChI=1S/C35H49FN2O3/c36-28-12-10-26(11-13-28)33(41)27-14-22-37(23-15-27)20-4-5-21-38-31(39)24-35(25-32(38)40)19-7-9-30(35)29-8-6-18-34(29)16-2-1-3-17-34/h10-13,27,29-30H,1-9,14-25H2. The third-order valence-corrected chi connectivity index (χ3v) is 12.1. The maximum Gasteiger partial charge on any atom is 0.229 e. The van der Waals surface area contributed by atoms with Gasteiger partial charge in [-0.25, -0.2) is 4.39 Å². The lowest BCUT2D eigenvalue weighted by Crippen LogP contribution is -2.51. The molecule has 2 heterocycles. The van der Waals surface area contributed by atoms with Gasteiger partial charge >= 0.3 is 0 Å². The number of nitrogens with zero attached hydrogens (tertiary/aromatic N) is 2. The summed E-state index contributed by atoms with van der Waals surface area (Å²) in [6, 6.07) is 5.89. The zero-order valence-electron chi connectivity index (χ0n) is 24.9. The Kier molecular flexibility index (Phi) is 8.68. The van der Waals surface area contributed by atoms with Crippen LogP contribution in [0.2, 0.25) is 0 Å². The highest BCUT2D eigenvalue weighted by molar-refractivity contribution is 5.99. The van der Waals surface area contributed by atoms with E-state index >= 15 is 0 Å². The van der Waals surface area contributed by atoms with E-state index in [1.165, 1.54) is 76.3 Å². The van der Waals surface area contributed by atoms with Gasteiger partial charge in [-0.1, -0.05) is 32.1 Å². The van der Waals surface area contributed by atoms with Crippen molar-refractivity contribution >= 4 is 17.6 Å². The molecule has 2 unspecified atom stereocenters. The van der Waals surface area contributed by atoms with Gasteiger partial charge in [-0.3, -0.25) is 19.3 Å². The highest BCUT2D eigenvalue weighted by atomic mass is 19.1. The summed E-state index contributed by atoms with van der Waals surface area (Å²) in [5.74, 6) is 1.28. The van der Waals surface area contributed by atoms with Crippen LogP contribution in [0.3, 0.4) is 0 Å². The van der Waals surface area contributed by atoms with Gasteiger partial charge < -0.3 is 4.90 Å². The smallest absolute Gasteiger partial charge is 0.229 e. The number of ketones is 1. The average Bonchev–Trinajstić information content (AvgIpc) is 3.55. The van der Waals surface area contributed by atoms with Gasteiger partial charge in [0.1, 0.15) is 5.82 Å². The molecule has 5 nitrogen and oxygen atoms in total. The van der Waals surface area contributed by atoms with Gasteiger partial charge in [0.05, 0.1) is 0 Å². The molecule has 2 atom stereocenters. The van der Waals surface area contributed by atoms with Crippen LogP contribution in [0, 0.1) is 34.4 Å². The third-order valence-electron chi connectivity index (χ3n) is 12.1. The number of imide groups is 1. The maximum atomic E-state index is 13.5. The Bertz CT molecular complexity index is 1080. The molecule has 3 aliphatic carbocycles. The van der Waals surface area contributed by atoms with Crippen molar-refractivity contribution in [2.75, 3.05) is 26.2 Å². The second-order valence-corrected chi connectivity index (χ2v) is 14.3. The van der Waals surface area contributed by atoms with Crippen LogP contribution in [0.1, 0.15) is 120 Å². The van der Waals surface area contributed by atoms with E-state index in [9.17, 15) is 18.8 Å². The largest absolute Gasteiger partial charge is 0.303 e. The summed E-state index contributed by atoms with van der Waals surface area (Å²) in [6.45, 7) is 3.24. The monoisotopic (exact) mass is 564 g/mol. The average molecular weight is 565 g/mol. The molecule has 1 aromatic carbocycles. The minimum absolute atomic E-state index is 0.00395. The van der Waals surface area contributed by atoms with E-state index in [0.29, 0.717) is 36.3 Å². The fraction of sp³-hybridized carbons (Fsp3) is 0.743. The second-order valence-electron chi connectivity index (χ2n) is 14.3. The zero-order chi connectivity index (χ0) is 28.5. The first-order valence-corrected chi connectivity index (χ1v) is 16.7. The van der Waals surface area contributed by atoms with Crippen LogP contribution < -0.4 is 0 Å². The minimum Gasteiger partial charge on any atom is -0.303 e. The molecular formula is C35H49FN2O3. The van der Waals surface area contributed by atoms with Crippen LogP contribution in [0.5, 0.6) is 0 Å². The molecule has 2 aliphatic heterocycles. The second kappa shape index (κ2) is 12.3. The van der Waals surface area contributed by atoms with Crippen LogP contribution in [0.15, 0.2) is 24.3 Å². The molecule has 6 rings (SSSR count). The molecule has 5 aliphatic rings. The Morgan fingerprint density at radius 2 is 1.29 bits per heavy atom. The molecule has 3 saturated carbocycles. The summed E-state index contributed by atoms with van der Waals surface area (Å²) in [4.78, 5) is 43.7. The quantitative estimate of drug-likeness (QED) is 0.191. The molecule has 1 aromatic rings. The molecule has 41 heavy (non-hydrogen) atoms. The molecule has 0 radical (unpaired) electrons. The van der Waals surface area contributed by atoms with Crippen molar-refractivity contribution in [3.8, 4) is 0 Å². The van der Waals surface area contributed by atoms with E-state index in [-0.39, 0.29) is 34.7 Å². The van der Waals surface area contributed by atoms with Gasteiger partial charge in [0.2, 0.25) is 11.8 Å². The highest BCUT2D eigenvalue weighted by Crippen LogP contribution is 2.64. The summed E-state index contributed by atoms with van der Waals surface area (Å²) < 4.78 is 13.2. The van der Waals surface area contributed by atoms with E-state index in [2.05, 4.69) is 4.90 Å². The summed E-state index contributed by atoms with van der Waals surface area (Å²) in [5.41, 5.74) is 1.04. The molecule has 2 spiro atoms. The Morgan fingerprint density at radius 3 is 1.95 bits per heavy atom. The third kappa shape index (κ3) is 5.92. The van der Waals surface area contributed by atoms with Crippen molar-refractivity contribution in [2.45, 2.75) is 109 Å². The minimum atomic E-state index is -0.316. The number of unbranched alkanes of at least 4 members (excludes halogenated alkanes) is 1. The SMILES string of the molecule is O=C(c1ccc(F)cc1)C1CCN(CCCCN2C(=O)CC3(CCCC3C3CCCC34CCCCC4)CC2=O)CC1. The van der Waals surface area contributed by atoms with Crippen LogP contribution in [0.4, 0.5) is 4.39 Å². The number of carbonyl (C=O) groups excluding carboxylic acids is 3. The summed E-state index contributed by atoms with van der Waals surface area (Å²) in [7, 11) is 0. The molecular weight excluding hydrogens is 515 g/mol. The molecule has 2 amide bonds. The van der Waals surface area contributed by atoms with Crippen molar-refractivity contribution in [2.24, 2.45) is 28.6 Å². The molecule has 6 heteroatoms. The van der Waals surface area contributed by atoms with Gasteiger partial charge in [0.15, 0.2) is 5.78 Å². The number of hydrogen-bond acceptors (Lipinski definition) is 4. The lowest BCUT2D eigenvalue weighted by Gasteiger charge is -2.49. The number of piperidine rings is 2. The Morgan fingerprint density at radius 1 is 0.732 bits per heavy atom. The molecule has 0 aromatic heterocycles. The zero-order valence-corrected chi connectivity index (χ0v) is 24.9. The Hall–Kier alpha value is -2.08. The van der Waals surface area contributed by atoms with E-state index < -0.39 is 0 Å². The lowest BCUT2D eigenvalue weighted by atomic mass is 9.57. The number of carbonyl (C=O) groups is 3. The summed E-state index contributed by atoms with van der Waals surface area (Å²) >= 11 is 0. The molecule has 224 valence electrons. The number of halogens is 1. The van der Waals surface area contributed by atoms with Crippen molar-refractivity contribution in [1.82, 2.24) is 9.80 Å². The van der Waals surface area contributed by atoms with E-state index in [1.54, 1.807) is 17.0 Å². The van der Waals surface area contributed by atoms with Gasteiger partial charge in [0.25, 0.3) is 0 Å². The fourth-order valence-corrected chi connectivity index (χ4v) is 10.0. The van der Waals surface area contributed by atoms with E-state index in [4.69, 9.17) is 0 Å². The normalized spacial score (nSPS) is 28.7. The first-order valence-electron chi connectivity index (χ1n) is 16.7. The van der Waals surface area contributed by atoms with Gasteiger partial charge in [0, 0.05) is 30.9 Å². The van der Waals surface area contributed by atoms with E-state index in [1.807, 2.05) is 0 Å². The summed E-state index contributed by atoms with van der Waals surface area (Å²) in [6.07, 6.45) is 19.0. The van der Waals surface area contributed by atoms with Gasteiger partial charge in [-0.05, 0) is 131 Å². The number of amides is 2. The number of rotatable bonds is 8. The predicted molar refractivity (Wildman–Crippen MR) is 158 cm³/mol. The number of Topliss-reactive ketones (excluding diaryl/α,β-unsaturated/α-hetero) is 1. The number of hydrogen-bond donors (Lipinski definition) is 0. The Labute approximate surface area is 245 Å². The molecule has 0 N–H and O–H groups in total. The number of likely N-dealkylation sites (tertiary alicyclic amines) is 2. The topological polar surface area (TPSA) is 57.7 Å².